The topological polar surface area (TPSA) is 66.5 Å². The van der Waals surface area contributed by atoms with Crippen LogP contribution in [0.5, 0.6) is 0 Å². The molecule has 1 fully saturated rings. The van der Waals surface area contributed by atoms with E-state index in [1.807, 2.05) is 32.0 Å². The number of hydrogen-bond donors (Lipinski definition) is 1. The van der Waals surface area contributed by atoms with E-state index in [1.54, 1.807) is 16.3 Å². The third-order valence-electron chi connectivity index (χ3n) is 4.07. The molecule has 23 heavy (non-hydrogen) atoms. The summed E-state index contributed by atoms with van der Waals surface area (Å²) in [6.07, 6.45) is 0.469. The Morgan fingerprint density at radius 3 is 2.65 bits per heavy atom. The molecule has 0 unspecified atom stereocenters. The minimum absolute atomic E-state index is 0.201. The molecule has 2 aromatic rings. The van der Waals surface area contributed by atoms with Crippen LogP contribution in [-0.4, -0.2) is 26.9 Å². The first-order valence-electron chi connectivity index (χ1n) is 7.33. The minimum atomic E-state index is -3.63. The van der Waals surface area contributed by atoms with E-state index in [2.05, 4.69) is 4.72 Å². The molecule has 1 aliphatic heterocycles. The number of rotatable bonds is 4. The number of amides is 1. The molecule has 1 atom stereocenters. The number of thiophene rings is 1. The second-order valence-electron chi connectivity index (χ2n) is 5.65. The highest BCUT2D eigenvalue weighted by atomic mass is 32.2. The average Bonchev–Trinajstić information content (AvgIpc) is 3.14. The molecule has 3 rings (SSSR count). The predicted molar refractivity (Wildman–Crippen MR) is 91.3 cm³/mol. The minimum Gasteiger partial charge on any atom is -0.311 e. The SMILES string of the molecule is Cc1ccc(N2CC[C@@H](NS(=O)(=O)c3cccs3)C2=O)cc1C. The van der Waals surface area contributed by atoms with Gasteiger partial charge in [-0.3, -0.25) is 4.79 Å². The van der Waals surface area contributed by atoms with Gasteiger partial charge in [0.1, 0.15) is 10.3 Å². The van der Waals surface area contributed by atoms with Crippen molar-refractivity contribution < 1.29 is 13.2 Å². The largest absolute Gasteiger partial charge is 0.311 e. The van der Waals surface area contributed by atoms with Gasteiger partial charge in [0.25, 0.3) is 10.0 Å². The van der Waals surface area contributed by atoms with Crippen LogP contribution in [0.1, 0.15) is 17.5 Å². The number of sulfonamides is 1. The van der Waals surface area contributed by atoms with Crippen molar-refractivity contribution in [3.63, 3.8) is 0 Å². The summed E-state index contributed by atoms with van der Waals surface area (Å²) in [6, 6.07) is 8.34. The van der Waals surface area contributed by atoms with E-state index < -0.39 is 16.1 Å². The molecular weight excluding hydrogens is 332 g/mol. The highest BCUT2D eigenvalue weighted by molar-refractivity contribution is 7.91. The van der Waals surface area contributed by atoms with Gasteiger partial charge in [0, 0.05) is 12.2 Å². The summed E-state index contributed by atoms with van der Waals surface area (Å²) in [5.74, 6) is -0.201. The second kappa shape index (κ2) is 6.07. The van der Waals surface area contributed by atoms with E-state index >= 15 is 0 Å². The Morgan fingerprint density at radius 1 is 1.22 bits per heavy atom. The molecule has 0 saturated carbocycles. The fraction of sp³-hybridized carbons (Fsp3) is 0.312. The van der Waals surface area contributed by atoms with Crippen molar-refractivity contribution in [3.05, 3.63) is 46.8 Å². The Hall–Kier alpha value is -1.70. The number of carbonyl (C=O) groups excluding carboxylic acids is 1. The van der Waals surface area contributed by atoms with Crippen molar-refractivity contribution in [2.45, 2.75) is 30.5 Å². The molecule has 0 spiro atoms. The average molecular weight is 350 g/mol. The standard InChI is InChI=1S/C16H18N2O3S2/c1-11-5-6-13(10-12(11)2)18-8-7-14(16(18)19)17-23(20,21)15-4-3-9-22-15/h3-6,9-10,14,17H,7-8H2,1-2H3/t14-/m1/s1. The Balaban J connectivity index is 1.78. The van der Waals surface area contributed by atoms with Crippen LogP contribution in [0.2, 0.25) is 0 Å². The molecule has 5 nitrogen and oxygen atoms in total. The summed E-state index contributed by atoms with van der Waals surface area (Å²) in [5, 5.41) is 1.70. The van der Waals surface area contributed by atoms with Gasteiger partial charge in [0.2, 0.25) is 5.91 Å². The number of benzene rings is 1. The molecule has 122 valence electrons. The molecule has 0 bridgehead atoms. The summed E-state index contributed by atoms with van der Waals surface area (Å²) >= 11 is 1.14. The molecule has 1 N–H and O–H groups in total. The number of anilines is 1. The normalized spacial score (nSPS) is 18.6. The van der Waals surface area contributed by atoms with Crippen LogP contribution in [0, 0.1) is 13.8 Å². The molecule has 1 aromatic carbocycles. The zero-order chi connectivity index (χ0) is 16.6. The maximum absolute atomic E-state index is 12.6. The fourth-order valence-electron chi connectivity index (χ4n) is 2.60. The van der Waals surface area contributed by atoms with Crippen molar-refractivity contribution in [2.75, 3.05) is 11.4 Å². The van der Waals surface area contributed by atoms with Crippen LogP contribution < -0.4 is 9.62 Å². The Morgan fingerprint density at radius 2 is 2.00 bits per heavy atom. The highest BCUT2D eigenvalue weighted by Crippen LogP contribution is 2.25. The lowest BCUT2D eigenvalue weighted by molar-refractivity contribution is -0.118. The van der Waals surface area contributed by atoms with Crippen LogP contribution in [0.3, 0.4) is 0 Å². The predicted octanol–water partition coefficient (Wildman–Crippen LogP) is 2.45. The van der Waals surface area contributed by atoms with Gasteiger partial charge in [0.15, 0.2) is 0 Å². The second-order valence-corrected chi connectivity index (χ2v) is 8.54. The van der Waals surface area contributed by atoms with E-state index in [0.29, 0.717) is 13.0 Å². The van der Waals surface area contributed by atoms with Crippen molar-refractivity contribution in [1.29, 1.82) is 0 Å². The number of aryl methyl sites for hydroxylation is 2. The molecule has 7 heteroatoms. The van der Waals surface area contributed by atoms with Crippen molar-refractivity contribution in [1.82, 2.24) is 4.72 Å². The molecule has 1 saturated heterocycles. The van der Waals surface area contributed by atoms with Crippen LogP contribution in [0.25, 0.3) is 0 Å². The first-order chi connectivity index (χ1) is 10.9. The van der Waals surface area contributed by atoms with Crippen LogP contribution in [-0.2, 0) is 14.8 Å². The van der Waals surface area contributed by atoms with Crippen LogP contribution in [0.15, 0.2) is 39.9 Å². The van der Waals surface area contributed by atoms with Gasteiger partial charge in [-0.25, -0.2) is 8.42 Å². The Labute approximate surface area is 140 Å². The molecular formula is C16H18N2O3S2. The monoisotopic (exact) mass is 350 g/mol. The van der Waals surface area contributed by atoms with E-state index in [9.17, 15) is 13.2 Å². The molecule has 1 aliphatic rings. The maximum atomic E-state index is 12.6. The van der Waals surface area contributed by atoms with Crippen LogP contribution >= 0.6 is 11.3 Å². The van der Waals surface area contributed by atoms with Crippen molar-refractivity contribution >= 4 is 33.0 Å². The lowest BCUT2D eigenvalue weighted by atomic mass is 10.1. The smallest absolute Gasteiger partial charge is 0.250 e. The molecule has 1 amide bonds. The van der Waals surface area contributed by atoms with E-state index in [1.165, 1.54) is 6.07 Å². The summed E-state index contributed by atoms with van der Waals surface area (Å²) < 4.78 is 27.3. The fourth-order valence-corrected chi connectivity index (χ4v) is 4.83. The quantitative estimate of drug-likeness (QED) is 0.921. The lowest BCUT2D eigenvalue weighted by Crippen LogP contribution is -2.41. The zero-order valence-corrected chi connectivity index (χ0v) is 14.6. The summed E-state index contributed by atoms with van der Waals surface area (Å²) in [6.45, 7) is 4.53. The van der Waals surface area contributed by atoms with Crippen molar-refractivity contribution in [3.8, 4) is 0 Å². The third kappa shape index (κ3) is 3.17. The van der Waals surface area contributed by atoms with E-state index in [-0.39, 0.29) is 10.1 Å². The molecule has 0 aliphatic carbocycles. The highest BCUT2D eigenvalue weighted by Gasteiger charge is 2.35. The van der Waals surface area contributed by atoms with Crippen molar-refractivity contribution in [2.24, 2.45) is 0 Å². The lowest BCUT2D eigenvalue weighted by Gasteiger charge is -2.18. The number of nitrogens with one attached hydrogen (secondary N) is 1. The first kappa shape index (κ1) is 16.2. The van der Waals surface area contributed by atoms with Gasteiger partial charge < -0.3 is 4.90 Å². The summed E-state index contributed by atoms with van der Waals surface area (Å²) in [4.78, 5) is 14.2. The maximum Gasteiger partial charge on any atom is 0.250 e. The number of hydrogen-bond acceptors (Lipinski definition) is 4. The number of carbonyl (C=O) groups is 1. The van der Waals surface area contributed by atoms with Crippen LogP contribution in [0.4, 0.5) is 5.69 Å². The van der Waals surface area contributed by atoms with Gasteiger partial charge in [0.05, 0.1) is 0 Å². The molecule has 0 radical (unpaired) electrons. The zero-order valence-electron chi connectivity index (χ0n) is 12.9. The van der Waals surface area contributed by atoms with E-state index in [0.717, 1.165) is 28.2 Å². The van der Waals surface area contributed by atoms with E-state index in [4.69, 9.17) is 0 Å². The van der Waals surface area contributed by atoms with Gasteiger partial charge in [-0.05, 0) is 55.0 Å². The van der Waals surface area contributed by atoms with Gasteiger partial charge in [-0.1, -0.05) is 12.1 Å². The molecule has 2 heterocycles. The van der Waals surface area contributed by atoms with Gasteiger partial charge >= 0.3 is 0 Å². The first-order valence-corrected chi connectivity index (χ1v) is 9.69. The van der Waals surface area contributed by atoms with Gasteiger partial charge in [-0.15, -0.1) is 11.3 Å². The summed E-state index contributed by atoms with van der Waals surface area (Å²) in [5.41, 5.74) is 3.09. The van der Waals surface area contributed by atoms with Gasteiger partial charge in [-0.2, -0.15) is 4.72 Å². The summed E-state index contributed by atoms with van der Waals surface area (Å²) in [7, 11) is -3.63. The Bertz CT molecular complexity index is 829. The Kier molecular flexibility index (Phi) is 4.27. The number of nitrogens with zero attached hydrogens (tertiary/aromatic N) is 1. The third-order valence-corrected chi connectivity index (χ3v) is 6.93. The molecule has 1 aromatic heterocycles.